The molecule has 0 heterocycles. The minimum Gasteiger partial charge on any atom is -0.494 e. The van der Waals surface area contributed by atoms with Gasteiger partial charge in [-0.25, -0.2) is 0 Å². The van der Waals surface area contributed by atoms with Gasteiger partial charge in [0.2, 0.25) is 0 Å². The highest BCUT2D eigenvalue weighted by Gasteiger charge is 2.34. The van der Waals surface area contributed by atoms with Crippen molar-refractivity contribution in [1.82, 2.24) is 4.90 Å². The fourth-order valence-electron chi connectivity index (χ4n) is 2.72. The Balaban J connectivity index is 1.57. The first-order valence-electron chi connectivity index (χ1n) is 7.91. The van der Waals surface area contributed by atoms with Crippen molar-refractivity contribution in [1.29, 1.82) is 0 Å². The molecule has 20 heavy (non-hydrogen) atoms. The maximum atomic E-state index is 10.4. The average Bonchev–Trinajstić information content (AvgIpc) is 3.32. The molecular weight excluding hydrogens is 250 g/mol. The molecule has 0 aromatic heterocycles. The van der Waals surface area contributed by atoms with E-state index in [0.717, 1.165) is 29.8 Å². The van der Waals surface area contributed by atoms with Crippen molar-refractivity contribution < 1.29 is 9.84 Å². The molecule has 0 aliphatic heterocycles. The number of nitrogens with zero attached hydrogens (tertiary/aromatic N) is 1. The number of aliphatic hydroxyl groups excluding tert-OH is 1. The van der Waals surface area contributed by atoms with Crippen LogP contribution >= 0.6 is 0 Å². The Morgan fingerprint density at radius 2 is 1.90 bits per heavy atom. The number of hydrogen-bond donors (Lipinski definition) is 1. The third kappa shape index (κ3) is 3.74. The van der Waals surface area contributed by atoms with Crippen molar-refractivity contribution in [2.45, 2.75) is 44.8 Å². The SMILES string of the molecule is CCOc1ccc(C(O)CN(CC2CC2)C2CC2)cc1. The fraction of sp³-hybridized carbons (Fsp3) is 0.647. The Hall–Kier alpha value is -1.06. The zero-order valence-electron chi connectivity index (χ0n) is 12.3. The summed E-state index contributed by atoms with van der Waals surface area (Å²) in [4.78, 5) is 2.50. The standard InChI is InChI=1S/C17H25NO2/c1-2-20-16-9-5-14(6-10-16)17(19)12-18(15-7-8-15)11-13-3-4-13/h5-6,9-10,13,15,17,19H,2-4,7-8,11-12H2,1H3. The van der Waals surface area contributed by atoms with E-state index < -0.39 is 0 Å². The Bertz CT molecular complexity index is 423. The van der Waals surface area contributed by atoms with Gasteiger partial charge in [0, 0.05) is 19.1 Å². The molecule has 3 nitrogen and oxygen atoms in total. The van der Waals surface area contributed by atoms with Gasteiger partial charge in [0.25, 0.3) is 0 Å². The number of rotatable bonds is 8. The molecule has 1 unspecified atom stereocenters. The van der Waals surface area contributed by atoms with E-state index in [4.69, 9.17) is 4.74 Å². The predicted molar refractivity (Wildman–Crippen MR) is 79.9 cm³/mol. The smallest absolute Gasteiger partial charge is 0.119 e. The largest absolute Gasteiger partial charge is 0.494 e. The summed E-state index contributed by atoms with van der Waals surface area (Å²) in [5, 5.41) is 10.4. The lowest BCUT2D eigenvalue weighted by Crippen LogP contribution is -2.32. The predicted octanol–water partition coefficient (Wildman–Crippen LogP) is 2.99. The van der Waals surface area contributed by atoms with Crippen LogP contribution in [0.1, 0.15) is 44.3 Å². The van der Waals surface area contributed by atoms with E-state index in [2.05, 4.69) is 4.90 Å². The average molecular weight is 275 g/mol. The Morgan fingerprint density at radius 3 is 2.45 bits per heavy atom. The number of benzene rings is 1. The lowest BCUT2D eigenvalue weighted by atomic mass is 10.1. The normalized spacial score (nSPS) is 20.1. The van der Waals surface area contributed by atoms with E-state index >= 15 is 0 Å². The highest BCUT2D eigenvalue weighted by molar-refractivity contribution is 5.28. The summed E-state index contributed by atoms with van der Waals surface area (Å²) >= 11 is 0. The van der Waals surface area contributed by atoms with Gasteiger partial charge >= 0.3 is 0 Å². The van der Waals surface area contributed by atoms with Crippen molar-refractivity contribution in [3.05, 3.63) is 29.8 Å². The summed E-state index contributed by atoms with van der Waals surface area (Å²) in [6, 6.07) is 8.60. The summed E-state index contributed by atoms with van der Waals surface area (Å²) < 4.78 is 5.44. The van der Waals surface area contributed by atoms with Crippen LogP contribution in [0.5, 0.6) is 5.75 Å². The van der Waals surface area contributed by atoms with Gasteiger partial charge in [-0.1, -0.05) is 12.1 Å². The zero-order valence-corrected chi connectivity index (χ0v) is 12.3. The molecule has 0 saturated heterocycles. The molecule has 0 radical (unpaired) electrons. The Labute approximate surface area is 121 Å². The summed E-state index contributed by atoms with van der Waals surface area (Å²) in [6.07, 6.45) is 4.99. The van der Waals surface area contributed by atoms with E-state index in [1.807, 2.05) is 31.2 Å². The summed E-state index contributed by atoms with van der Waals surface area (Å²) in [6.45, 7) is 4.61. The highest BCUT2D eigenvalue weighted by atomic mass is 16.5. The molecule has 2 saturated carbocycles. The Kier molecular flexibility index (Phi) is 4.27. The van der Waals surface area contributed by atoms with Crippen LogP contribution in [-0.4, -0.2) is 35.7 Å². The second-order valence-corrected chi connectivity index (χ2v) is 6.15. The molecule has 3 heteroatoms. The lowest BCUT2D eigenvalue weighted by Gasteiger charge is -2.25. The lowest BCUT2D eigenvalue weighted by molar-refractivity contribution is 0.106. The van der Waals surface area contributed by atoms with Gasteiger partial charge in [-0.15, -0.1) is 0 Å². The summed E-state index contributed by atoms with van der Waals surface area (Å²) in [7, 11) is 0. The first-order chi connectivity index (χ1) is 9.76. The summed E-state index contributed by atoms with van der Waals surface area (Å²) in [5.74, 6) is 1.77. The third-order valence-corrected chi connectivity index (χ3v) is 4.24. The van der Waals surface area contributed by atoms with E-state index in [1.54, 1.807) is 0 Å². The molecule has 1 N–H and O–H groups in total. The van der Waals surface area contributed by atoms with Crippen LogP contribution in [0.25, 0.3) is 0 Å². The van der Waals surface area contributed by atoms with Gasteiger partial charge in [0.05, 0.1) is 12.7 Å². The maximum Gasteiger partial charge on any atom is 0.119 e. The quantitative estimate of drug-likeness (QED) is 0.791. The second-order valence-electron chi connectivity index (χ2n) is 6.15. The molecule has 1 atom stereocenters. The second kappa shape index (κ2) is 6.15. The van der Waals surface area contributed by atoms with Gasteiger partial charge < -0.3 is 9.84 Å². The fourth-order valence-corrected chi connectivity index (χ4v) is 2.72. The molecule has 0 amide bonds. The number of ether oxygens (including phenoxy) is 1. The van der Waals surface area contributed by atoms with Crippen molar-refractivity contribution in [3.63, 3.8) is 0 Å². The van der Waals surface area contributed by atoms with Crippen molar-refractivity contribution >= 4 is 0 Å². The molecule has 1 aromatic carbocycles. The van der Waals surface area contributed by atoms with Crippen LogP contribution in [0.15, 0.2) is 24.3 Å². The van der Waals surface area contributed by atoms with Gasteiger partial charge in [0.15, 0.2) is 0 Å². The van der Waals surface area contributed by atoms with Gasteiger partial charge in [-0.05, 0) is 56.2 Å². The van der Waals surface area contributed by atoms with Gasteiger partial charge in [0.1, 0.15) is 5.75 Å². The maximum absolute atomic E-state index is 10.4. The van der Waals surface area contributed by atoms with Crippen LogP contribution in [0.3, 0.4) is 0 Å². The molecule has 0 spiro atoms. The van der Waals surface area contributed by atoms with Crippen molar-refractivity contribution in [2.24, 2.45) is 5.92 Å². The molecule has 2 fully saturated rings. The molecule has 1 aromatic rings. The molecule has 2 aliphatic rings. The van der Waals surface area contributed by atoms with Crippen molar-refractivity contribution in [2.75, 3.05) is 19.7 Å². The topological polar surface area (TPSA) is 32.7 Å². The number of hydrogen-bond acceptors (Lipinski definition) is 3. The first kappa shape index (κ1) is 13.9. The molecule has 3 rings (SSSR count). The monoisotopic (exact) mass is 275 g/mol. The minimum absolute atomic E-state index is 0.384. The highest BCUT2D eigenvalue weighted by Crippen LogP contribution is 2.35. The van der Waals surface area contributed by atoms with Crippen LogP contribution in [0, 0.1) is 5.92 Å². The zero-order chi connectivity index (χ0) is 13.9. The molecule has 110 valence electrons. The van der Waals surface area contributed by atoms with E-state index in [9.17, 15) is 5.11 Å². The van der Waals surface area contributed by atoms with Crippen LogP contribution < -0.4 is 4.74 Å². The minimum atomic E-state index is -0.384. The van der Waals surface area contributed by atoms with Gasteiger partial charge in [-0.2, -0.15) is 0 Å². The first-order valence-corrected chi connectivity index (χ1v) is 7.91. The van der Waals surface area contributed by atoms with Crippen molar-refractivity contribution in [3.8, 4) is 5.75 Å². The van der Waals surface area contributed by atoms with Crippen LogP contribution in [0.4, 0.5) is 0 Å². The molecule has 2 aliphatic carbocycles. The number of aliphatic hydroxyl groups is 1. The van der Waals surface area contributed by atoms with E-state index in [1.165, 1.54) is 32.2 Å². The van der Waals surface area contributed by atoms with Crippen LogP contribution in [0.2, 0.25) is 0 Å². The van der Waals surface area contributed by atoms with E-state index in [-0.39, 0.29) is 6.10 Å². The van der Waals surface area contributed by atoms with E-state index in [0.29, 0.717) is 6.61 Å². The van der Waals surface area contributed by atoms with Gasteiger partial charge in [-0.3, -0.25) is 4.90 Å². The molecule has 0 bridgehead atoms. The van der Waals surface area contributed by atoms with Crippen LogP contribution in [-0.2, 0) is 0 Å². The Morgan fingerprint density at radius 1 is 1.20 bits per heavy atom. The molecular formula is C17H25NO2. The summed E-state index contributed by atoms with van der Waals surface area (Å²) in [5.41, 5.74) is 0.995. The third-order valence-electron chi connectivity index (χ3n) is 4.24.